The second-order valence-electron chi connectivity index (χ2n) is 4.50. The second kappa shape index (κ2) is 7.30. The molecule has 1 atom stereocenters. The van der Waals surface area contributed by atoms with Crippen LogP contribution in [0.4, 0.5) is 0 Å². The van der Waals surface area contributed by atoms with Gasteiger partial charge in [0.2, 0.25) is 0 Å². The van der Waals surface area contributed by atoms with Gasteiger partial charge in [0, 0.05) is 6.54 Å². The molecule has 0 heterocycles. The first-order chi connectivity index (χ1) is 8.13. The van der Waals surface area contributed by atoms with Gasteiger partial charge in [0.1, 0.15) is 5.75 Å². The molecule has 1 aromatic carbocycles. The SMILES string of the molecule is CC[C@H](O)c1ccc(OCCCN(C)C)cc1. The van der Waals surface area contributed by atoms with Crippen LogP contribution in [0.15, 0.2) is 24.3 Å². The Morgan fingerprint density at radius 1 is 1.24 bits per heavy atom. The lowest BCUT2D eigenvalue weighted by Gasteiger charge is -2.11. The van der Waals surface area contributed by atoms with E-state index in [0.717, 1.165) is 37.3 Å². The van der Waals surface area contributed by atoms with Crippen molar-refractivity contribution in [1.29, 1.82) is 0 Å². The summed E-state index contributed by atoms with van der Waals surface area (Å²) in [5, 5.41) is 9.65. The van der Waals surface area contributed by atoms with Crippen molar-refractivity contribution >= 4 is 0 Å². The average Bonchev–Trinajstić information content (AvgIpc) is 2.34. The number of hydrogen-bond acceptors (Lipinski definition) is 3. The first-order valence-corrected chi connectivity index (χ1v) is 6.19. The van der Waals surface area contributed by atoms with Crippen LogP contribution in [0.5, 0.6) is 5.75 Å². The Balaban J connectivity index is 2.35. The summed E-state index contributed by atoms with van der Waals surface area (Å²) in [6, 6.07) is 7.69. The van der Waals surface area contributed by atoms with Gasteiger partial charge in [-0.1, -0.05) is 19.1 Å². The standard InChI is InChI=1S/C14H23NO2/c1-4-14(16)12-6-8-13(9-7-12)17-11-5-10-15(2)3/h6-9,14,16H,4-5,10-11H2,1-3H3/t14-/m0/s1. The Morgan fingerprint density at radius 2 is 1.88 bits per heavy atom. The third-order valence-corrected chi connectivity index (χ3v) is 2.67. The quantitative estimate of drug-likeness (QED) is 0.739. The molecule has 0 unspecified atom stereocenters. The number of hydrogen-bond donors (Lipinski definition) is 1. The monoisotopic (exact) mass is 237 g/mol. The zero-order valence-corrected chi connectivity index (χ0v) is 11.0. The topological polar surface area (TPSA) is 32.7 Å². The third-order valence-electron chi connectivity index (χ3n) is 2.67. The lowest BCUT2D eigenvalue weighted by molar-refractivity contribution is 0.173. The lowest BCUT2D eigenvalue weighted by Crippen LogP contribution is -2.15. The van der Waals surface area contributed by atoms with Crippen LogP contribution in [0.1, 0.15) is 31.4 Å². The van der Waals surface area contributed by atoms with Crippen molar-refractivity contribution in [3.05, 3.63) is 29.8 Å². The maximum atomic E-state index is 9.65. The fraction of sp³-hybridized carbons (Fsp3) is 0.571. The van der Waals surface area contributed by atoms with Gasteiger partial charge in [-0.3, -0.25) is 0 Å². The summed E-state index contributed by atoms with van der Waals surface area (Å²) >= 11 is 0. The van der Waals surface area contributed by atoms with E-state index in [1.54, 1.807) is 0 Å². The number of ether oxygens (including phenoxy) is 1. The summed E-state index contributed by atoms with van der Waals surface area (Å²) in [6.45, 7) is 3.73. The average molecular weight is 237 g/mol. The van der Waals surface area contributed by atoms with Gasteiger partial charge in [-0.25, -0.2) is 0 Å². The van der Waals surface area contributed by atoms with E-state index < -0.39 is 0 Å². The predicted molar refractivity (Wildman–Crippen MR) is 70.4 cm³/mol. The van der Waals surface area contributed by atoms with Crippen molar-refractivity contribution in [2.45, 2.75) is 25.9 Å². The highest BCUT2D eigenvalue weighted by Gasteiger charge is 2.04. The summed E-state index contributed by atoms with van der Waals surface area (Å²) in [5.41, 5.74) is 0.952. The molecule has 0 fully saturated rings. The minimum atomic E-state index is -0.363. The third kappa shape index (κ3) is 5.20. The zero-order valence-electron chi connectivity index (χ0n) is 11.0. The summed E-state index contributed by atoms with van der Waals surface area (Å²) in [4.78, 5) is 2.14. The molecule has 0 aliphatic rings. The van der Waals surface area contributed by atoms with Gasteiger partial charge < -0.3 is 14.7 Å². The van der Waals surface area contributed by atoms with Crippen LogP contribution in [-0.4, -0.2) is 37.3 Å². The predicted octanol–water partition coefficient (Wildman–Crippen LogP) is 2.46. The molecular formula is C14H23NO2. The number of rotatable bonds is 7. The molecule has 0 saturated heterocycles. The fourth-order valence-electron chi connectivity index (χ4n) is 1.59. The van der Waals surface area contributed by atoms with E-state index in [1.807, 2.05) is 31.2 Å². The van der Waals surface area contributed by atoms with Gasteiger partial charge in [-0.15, -0.1) is 0 Å². The molecule has 0 radical (unpaired) electrons. The maximum absolute atomic E-state index is 9.65. The molecule has 0 spiro atoms. The van der Waals surface area contributed by atoms with Crippen molar-refractivity contribution < 1.29 is 9.84 Å². The van der Waals surface area contributed by atoms with E-state index in [2.05, 4.69) is 19.0 Å². The first kappa shape index (κ1) is 14.0. The van der Waals surface area contributed by atoms with Gasteiger partial charge in [0.25, 0.3) is 0 Å². The minimum absolute atomic E-state index is 0.363. The van der Waals surface area contributed by atoms with Gasteiger partial charge >= 0.3 is 0 Å². The second-order valence-corrected chi connectivity index (χ2v) is 4.50. The number of aliphatic hydroxyl groups excluding tert-OH is 1. The highest BCUT2D eigenvalue weighted by Crippen LogP contribution is 2.19. The Hall–Kier alpha value is -1.06. The van der Waals surface area contributed by atoms with Crippen LogP contribution in [0.3, 0.4) is 0 Å². The van der Waals surface area contributed by atoms with Crippen molar-refractivity contribution in [2.75, 3.05) is 27.2 Å². The summed E-state index contributed by atoms with van der Waals surface area (Å²) in [7, 11) is 4.11. The normalized spacial score (nSPS) is 12.8. The smallest absolute Gasteiger partial charge is 0.119 e. The summed E-state index contributed by atoms with van der Waals surface area (Å²) in [6.07, 6.45) is 1.40. The minimum Gasteiger partial charge on any atom is -0.494 e. The van der Waals surface area contributed by atoms with Crippen molar-refractivity contribution in [1.82, 2.24) is 4.90 Å². The molecule has 0 aromatic heterocycles. The number of benzene rings is 1. The number of nitrogens with zero attached hydrogens (tertiary/aromatic N) is 1. The summed E-state index contributed by atoms with van der Waals surface area (Å²) in [5.74, 6) is 0.871. The molecule has 1 rings (SSSR count). The zero-order chi connectivity index (χ0) is 12.7. The molecule has 3 nitrogen and oxygen atoms in total. The van der Waals surface area contributed by atoms with Crippen molar-refractivity contribution in [3.8, 4) is 5.75 Å². The molecule has 17 heavy (non-hydrogen) atoms. The van der Waals surface area contributed by atoms with Gasteiger partial charge in [-0.2, -0.15) is 0 Å². The van der Waals surface area contributed by atoms with Gasteiger partial charge in [0.05, 0.1) is 12.7 Å². The van der Waals surface area contributed by atoms with E-state index in [-0.39, 0.29) is 6.10 Å². The number of aliphatic hydroxyl groups is 1. The molecular weight excluding hydrogens is 214 g/mol. The van der Waals surface area contributed by atoms with Crippen LogP contribution in [0, 0.1) is 0 Å². The highest BCUT2D eigenvalue weighted by atomic mass is 16.5. The van der Waals surface area contributed by atoms with Crippen LogP contribution in [-0.2, 0) is 0 Å². The van der Waals surface area contributed by atoms with Crippen molar-refractivity contribution in [2.24, 2.45) is 0 Å². The Bertz CT molecular complexity index is 309. The Kier molecular flexibility index (Phi) is 6.01. The highest BCUT2D eigenvalue weighted by molar-refractivity contribution is 5.28. The lowest BCUT2D eigenvalue weighted by atomic mass is 10.1. The molecule has 1 aromatic rings. The summed E-state index contributed by atoms with van der Waals surface area (Å²) < 4.78 is 5.62. The molecule has 0 saturated carbocycles. The Labute approximate surface area is 104 Å². The van der Waals surface area contributed by atoms with E-state index in [4.69, 9.17) is 4.74 Å². The van der Waals surface area contributed by atoms with Crippen LogP contribution < -0.4 is 4.74 Å². The maximum Gasteiger partial charge on any atom is 0.119 e. The van der Waals surface area contributed by atoms with E-state index in [9.17, 15) is 5.11 Å². The van der Waals surface area contributed by atoms with Crippen LogP contribution >= 0.6 is 0 Å². The Morgan fingerprint density at radius 3 is 2.41 bits per heavy atom. The molecule has 0 aliphatic heterocycles. The van der Waals surface area contributed by atoms with Crippen LogP contribution in [0.2, 0.25) is 0 Å². The van der Waals surface area contributed by atoms with Gasteiger partial charge in [0.15, 0.2) is 0 Å². The molecule has 0 bridgehead atoms. The molecule has 0 aliphatic carbocycles. The van der Waals surface area contributed by atoms with E-state index in [1.165, 1.54) is 0 Å². The van der Waals surface area contributed by atoms with Crippen LogP contribution in [0.25, 0.3) is 0 Å². The van der Waals surface area contributed by atoms with E-state index >= 15 is 0 Å². The first-order valence-electron chi connectivity index (χ1n) is 6.19. The van der Waals surface area contributed by atoms with Crippen molar-refractivity contribution in [3.63, 3.8) is 0 Å². The molecule has 0 amide bonds. The fourth-order valence-corrected chi connectivity index (χ4v) is 1.59. The van der Waals surface area contributed by atoms with E-state index in [0.29, 0.717) is 0 Å². The molecule has 1 N–H and O–H groups in total. The molecule has 96 valence electrons. The van der Waals surface area contributed by atoms with Gasteiger partial charge in [-0.05, 0) is 44.6 Å². The largest absolute Gasteiger partial charge is 0.494 e. The molecule has 3 heteroatoms.